The number of nitrogens with zero attached hydrogens (tertiary/aromatic N) is 1. The van der Waals surface area contributed by atoms with Crippen molar-refractivity contribution in [2.24, 2.45) is 4.99 Å². The lowest BCUT2D eigenvalue weighted by atomic mass is 10.0. The highest BCUT2D eigenvalue weighted by Crippen LogP contribution is 2.21. The number of aliphatic imine (C=N–C) groups is 1. The number of hydrogen-bond donors (Lipinski definition) is 3. The van der Waals surface area contributed by atoms with Crippen molar-refractivity contribution in [1.82, 2.24) is 10.6 Å². The summed E-state index contributed by atoms with van der Waals surface area (Å²) in [7, 11) is 0. The van der Waals surface area contributed by atoms with Crippen LogP contribution in [-0.4, -0.2) is 49.4 Å². The molecule has 7 heteroatoms. The van der Waals surface area contributed by atoms with Gasteiger partial charge in [-0.15, -0.1) is 24.0 Å². The van der Waals surface area contributed by atoms with Gasteiger partial charge in [0.15, 0.2) is 5.96 Å². The van der Waals surface area contributed by atoms with Crippen LogP contribution in [0.5, 0.6) is 0 Å². The van der Waals surface area contributed by atoms with Crippen molar-refractivity contribution in [2.45, 2.75) is 57.5 Å². The number of esters is 1. The topological polar surface area (TPSA) is 83.0 Å². The van der Waals surface area contributed by atoms with Crippen LogP contribution in [0.4, 0.5) is 0 Å². The van der Waals surface area contributed by atoms with Gasteiger partial charge in [0.25, 0.3) is 0 Å². The molecule has 1 atom stereocenters. The van der Waals surface area contributed by atoms with Crippen LogP contribution in [0.1, 0.15) is 56.9 Å². The first-order valence-electron chi connectivity index (χ1n) is 10.1. The summed E-state index contributed by atoms with van der Waals surface area (Å²) in [6.45, 7) is 3.97. The van der Waals surface area contributed by atoms with E-state index in [1.807, 2.05) is 37.3 Å². The summed E-state index contributed by atoms with van der Waals surface area (Å²) >= 11 is 0. The van der Waals surface area contributed by atoms with Gasteiger partial charge in [0.05, 0.1) is 13.2 Å². The van der Waals surface area contributed by atoms with Crippen LogP contribution in [0.2, 0.25) is 0 Å². The molecule has 3 N–H and O–H groups in total. The zero-order chi connectivity index (χ0) is 19.3. The Hall–Kier alpha value is -1.35. The Morgan fingerprint density at radius 3 is 2.61 bits per heavy atom. The number of aliphatic hydroxyl groups excluding tert-OH is 1. The van der Waals surface area contributed by atoms with Crippen molar-refractivity contribution < 1.29 is 14.6 Å². The number of nitrogens with one attached hydrogen (secondary N) is 2. The Morgan fingerprint density at radius 1 is 1.25 bits per heavy atom. The van der Waals surface area contributed by atoms with Crippen LogP contribution in [0, 0.1) is 0 Å². The number of halogens is 1. The molecule has 0 saturated heterocycles. The number of carbonyl (C=O) groups excluding carboxylic acids is 1. The molecule has 1 unspecified atom stereocenters. The second kappa shape index (κ2) is 14.6. The zero-order valence-electron chi connectivity index (χ0n) is 16.7. The van der Waals surface area contributed by atoms with E-state index in [0.29, 0.717) is 31.9 Å². The highest BCUT2D eigenvalue weighted by molar-refractivity contribution is 14.0. The van der Waals surface area contributed by atoms with Gasteiger partial charge in [-0.05, 0) is 44.6 Å². The smallest absolute Gasteiger partial charge is 0.306 e. The maximum Gasteiger partial charge on any atom is 0.306 e. The minimum Gasteiger partial charge on any atom is -0.462 e. The monoisotopic (exact) mass is 503 g/mol. The number of ether oxygens (including phenoxy) is 1. The molecule has 2 rings (SSSR count). The summed E-state index contributed by atoms with van der Waals surface area (Å²) in [5.41, 5.74) is 1.08. The molecule has 158 valence electrons. The van der Waals surface area contributed by atoms with Gasteiger partial charge >= 0.3 is 5.97 Å². The highest BCUT2D eigenvalue weighted by Gasteiger charge is 2.18. The molecule has 1 fully saturated rings. The standard InChI is InChI=1S/C21H33N3O3.HI/c1-2-22-21(24-15-18(16-25)17-9-4-3-5-10-17)23-14-8-13-20(26)27-19-11-6-7-12-19;/h3-5,9-10,18-19,25H,2,6-8,11-16H2,1H3,(H2,22,23,24);1H. The first-order valence-corrected chi connectivity index (χ1v) is 10.1. The first-order chi connectivity index (χ1) is 13.2. The third-order valence-corrected chi connectivity index (χ3v) is 4.76. The average molecular weight is 503 g/mol. The van der Waals surface area contributed by atoms with Gasteiger partial charge in [0.2, 0.25) is 0 Å². The second-order valence-corrected chi connectivity index (χ2v) is 6.94. The van der Waals surface area contributed by atoms with Crippen LogP contribution >= 0.6 is 24.0 Å². The van der Waals surface area contributed by atoms with E-state index in [1.54, 1.807) is 0 Å². The van der Waals surface area contributed by atoms with Gasteiger partial charge < -0.3 is 20.5 Å². The van der Waals surface area contributed by atoms with E-state index in [4.69, 9.17) is 4.74 Å². The number of aliphatic hydroxyl groups is 1. The molecule has 0 amide bonds. The maximum atomic E-state index is 11.9. The lowest BCUT2D eigenvalue weighted by molar-refractivity contribution is -0.148. The molecule has 1 aliphatic rings. The molecule has 0 aromatic heterocycles. The Bertz CT molecular complexity index is 578. The van der Waals surface area contributed by atoms with E-state index in [2.05, 4.69) is 15.6 Å². The third-order valence-electron chi connectivity index (χ3n) is 4.76. The summed E-state index contributed by atoms with van der Waals surface area (Å²) < 4.78 is 5.47. The third kappa shape index (κ3) is 9.23. The van der Waals surface area contributed by atoms with Gasteiger partial charge in [-0.25, -0.2) is 0 Å². The van der Waals surface area contributed by atoms with Gasteiger partial charge in [0.1, 0.15) is 6.10 Å². The number of carbonyl (C=O) groups is 1. The van der Waals surface area contributed by atoms with Crippen molar-refractivity contribution in [1.29, 1.82) is 0 Å². The lowest BCUT2D eigenvalue weighted by Gasteiger charge is -2.15. The van der Waals surface area contributed by atoms with Gasteiger partial charge in [0, 0.05) is 25.4 Å². The lowest BCUT2D eigenvalue weighted by Crippen LogP contribution is -2.38. The van der Waals surface area contributed by atoms with Crippen LogP contribution < -0.4 is 10.6 Å². The molecule has 28 heavy (non-hydrogen) atoms. The van der Waals surface area contributed by atoms with Crippen LogP contribution in [0.15, 0.2) is 35.3 Å². The zero-order valence-corrected chi connectivity index (χ0v) is 19.1. The van der Waals surface area contributed by atoms with Crippen LogP contribution in [0.25, 0.3) is 0 Å². The van der Waals surface area contributed by atoms with Crippen LogP contribution in [0.3, 0.4) is 0 Å². The quantitative estimate of drug-likeness (QED) is 0.150. The Balaban J connectivity index is 0.00000392. The van der Waals surface area contributed by atoms with E-state index in [1.165, 1.54) is 12.8 Å². The molecule has 0 aliphatic heterocycles. The second-order valence-electron chi connectivity index (χ2n) is 6.94. The fraction of sp³-hybridized carbons (Fsp3) is 0.619. The number of benzene rings is 1. The molecule has 0 heterocycles. The largest absolute Gasteiger partial charge is 0.462 e. The summed E-state index contributed by atoms with van der Waals surface area (Å²) in [5, 5.41) is 16.1. The summed E-state index contributed by atoms with van der Waals surface area (Å²) in [5.74, 6) is 0.578. The average Bonchev–Trinajstić information content (AvgIpc) is 3.19. The summed E-state index contributed by atoms with van der Waals surface area (Å²) in [6.07, 6.45) is 5.62. The van der Waals surface area contributed by atoms with E-state index in [-0.39, 0.29) is 48.6 Å². The van der Waals surface area contributed by atoms with Crippen molar-refractivity contribution in [2.75, 3.05) is 26.2 Å². The van der Waals surface area contributed by atoms with Gasteiger partial charge in [-0.3, -0.25) is 9.79 Å². The molecular formula is C21H34IN3O3. The number of hydrogen-bond acceptors (Lipinski definition) is 4. The Kier molecular flexibility index (Phi) is 12.9. The Labute approximate surface area is 185 Å². The van der Waals surface area contributed by atoms with Crippen LogP contribution in [-0.2, 0) is 9.53 Å². The highest BCUT2D eigenvalue weighted by atomic mass is 127. The fourth-order valence-corrected chi connectivity index (χ4v) is 3.23. The summed E-state index contributed by atoms with van der Waals surface area (Å²) in [6, 6.07) is 9.91. The molecule has 0 spiro atoms. The van der Waals surface area contributed by atoms with Crippen molar-refractivity contribution in [3.8, 4) is 0 Å². The SMILES string of the molecule is CCNC(=NCC(CO)c1ccccc1)NCCCC(=O)OC1CCCC1.I. The molecule has 6 nitrogen and oxygen atoms in total. The fourth-order valence-electron chi connectivity index (χ4n) is 3.23. The van der Waals surface area contributed by atoms with Gasteiger partial charge in [-0.1, -0.05) is 30.3 Å². The minimum absolute atomic E-state index is 0. The van der Waals surface area contributed by atoms with E-state index in [0.717, 1.165) is 24.9 Å². The first kappa shape index (κ1) is 24.7. The molecule has 0 radical (unpaired) electrons. The van der Waals surface area contributed by atoms with Gasteiger partial charge in [-0.2, -0.15) is 0 Å². The predicted molar refractivity (Wildman–Crippen MR) is 123 cm³/mol. The molecule has 0 bridgehead atoms. The molecule has 1 saturated carbocycles. The number of guanidine groups is 1. The minimum atomic E-state index is -0.102. The van der Waals surface area contributed by atoms with E-state index in [9.17, 15) is 9.90 Å². The molecular weight excluding hydrogens is 469 g/mol. The number of rotatable bonds is 10. The molecule has 1 aromatic rings. The summed E-state index contributed by atoms with van der Waals surface area (Å²) in [4.78, 5) is 16.4. The van der Waals surface area contributed by atoms with Crippen molar-refractivity contribution >= 4 is 35.9 Å². The predicted octanol–water partition coefficient (Wildman–Crippen LogP) is 3.20. The normalized spacial score (nSPS) is 15.6. The maximum absolute atomic E-state index is 11.9. The van der Waals surface area contributed by atoms with Crippen molar-refractivity contribution in [3.05, 3.63) is 35.9 Å². The van der Waals surface area contributed by atoms with E-state index >= 15 is 0 Å². The molecule has 1 aromatic carbocycles. The molecule has 1 aliphatic carbocycles. The Morgan fingerprint density at radius 2 is 1.96 bits per heavy atom. The van der Waals surface area contributed by atoms with Crippen molar-refractivity contribution in [3.63, 3.8) is 0 Å². The van der Waals surface area contributed by atoms with E-state index < -0.39 is 0 Å².